The fraction of sp³-hybridized carbons (Fsp3) is 0.273. The molecule has 0 radical (unpaired) electrons. The van der Waals surface area contributed by atoms with Gasteiger partial charge >= 0.3 is 6.18 Å². The molecule has 4 nitrogen and oxygen atoms in total. The van der Waals surface area contributed by atoms with E-state index in [4.69, 9.17) is 5.73 Å². The molecule has 1 aromatic carbocycles. The molecule has 0 bridgehead atoms. The van der Waals surface area contributed by atoms with E-state index in [9.17, 15) is 13.2 Å². The quantitative estimate of drug-likeness (QED) is 0.913. The molecule has 0 aliphatic heterocycles. The maximum Gasteiger partial charge on any atom is 0.416 e. The molecule has 1 aromatic heterocycles. The minimum atomic E-state index is -4.36. The minimum Gasteiger partial charge on any atom is -0.322 e. The van der Waals surface area contributed by atoms with Crippen molar-refractivity contribution in [2.24, 2.45) is 5.73 Å². The van der Waals surface area contributed by atoms with Crippen molar-refractivity contribution in [3.63, 3.8) is 0 Å². The number of alkyl halides is 3. The second-order valence-corrected chi connectivity index (χ2v) is 3.85. The fourth-order valence-corrected chi connectivity index (χ4v) is 1.58. The zero-order chi connectivity index (χ0) is 13.2. The molecule has 96 valence electrons. The van der Waals surface area contributed by atoms with Crippen molar-refractivity contribution in [3.05, 3.63) is 48.0 Å². The highest BCUT2D eigenvalue weighted by Gasteiger charge is 2.30. The van der Waals surface area contributed by atoms with Crippen molar-refractivity contribution in [3.8, 4) is 0 Å². The summed E-state index contributed by atoms with van der Waals surface area (Å²) in [5.41, 5.74) is 5.56. The van der Waals surface area contributed by atoms with Gasteiger partial charge in [0, 0.05) is 6.04 Å². The lowest BCUT2D eigenvalue weighted by Gasteiger charge is -2.14. The topological polar surface area (TPSA) is 56.7 Å². The van der Waals surface area contributed by atoms with Gasteiger partial charge in [0.25, 0.3) is 0 Å². The zero-order valence-electron chi connectivity index (χ0n) is 9.30. The molecule has 0 fully saturated rings. The van der Waals surface area contributed by atoms with E-state index in [-0.39, 0.29) is 6.54 Å². The van der Waals surface area contributed by atoms with Crippen molar-refractivity contribution >= 4 is 0 Å². The number of nitrogens with two attached hydrogens (primary N) is 1. The smallest absolute Gasteiger partial charge is 0.322 e. The van der Waals surface area contributed by atoms with Crippen LogP contribution in [0.3, 0.4) is 0 Å². The summed E-state index contributed by atoms with van der Waals surface area (Å²) in [7, 11) is 0. The number of hydrogen-bond acceptors (Lipinski definition) is 3. The summed E-state index contributed by atoms with van der Waals surface area (Å²) in [5.74, 6) is 0. The highest BCUT2D eigenvalue weighted by Crippen LogP contribution is 2.30. The van der Waals surface area contributed by atoms with Gasteiger partial charge in [-0.2, -0.15) is 18.3 Å². The van der Waals surface area contributed by atoms with Gasteiger partial charge in [-0.15, -0.1) is 0 Å². The monoisotopic (exact) mass is 256 g/mol. The lowest BCUT2D eigenvalue weighted by molar-refractivity contribution is -0.137. The molecule has 0 aliphatic carbocycles. The predicted molar refractivity (Wildman–Crippen MR) is 58.4 cm³/mol. The summed E-state index contributed by atoms with van der Waals surface area (Å²) in [6.07, 6.45) is -1.55. The van der Waals surface area contributed by atoms with Gasteiger partial charge in [0.2, 0.25) is 0 Å². The first-order valence-corrected chi connectivity index (χ1v) is 5.22. The van der Waals surface area contributed by atoms with Crippen molar-refractivity contribution in [1.29, 1.82) is 0 Å². The van der Waals surface area contributed by atoms with Crippen LogP contribution in [0.4, 0.5) is 13.2 Å². The molecule has 0 saturated carbocycles. The summed E-state index contributed by atoms with van der Waals surface area (Å²) >= 11 is 0. The number of rotatable bonds is 3. The van der Waals surface area contributed by atoms with E-state index in [1.807, 2.05) is 0 Å². The van der Waals surface area contributed by atoms with Crippen LogP contribution in [-0.4, -0.2) is 14.8 Å². The molecule has 2 aromatic rings. The largest absolute Gasteiger partial charge is 0.416 e. The van der Waals surface area contributed by atoms with Gasteiger partial charge in [-0.3, -0.25) is 4.68 Å². The molecule has 1 unspecified atom stereocenters. The highest BCUT2D eigenvalue weighted by molar-refractivity contribution is 5.27. The first-order chi connectivity index (χ1) is 8.47. The molecular weight excluding hydrogens is 245 g/mol. The van der Waals surface area contributed by atoms with E-state index >= 15 is 0 Å². The number of nitrogens with zero attached hydrogens (tertiary/aromatic N) is 3. The highest BCUT2D eigenvalue weighted by atomic mass is 19.4. The number of aromatic nitrogens is 3. The third-order valence-corrected chi connectivity index (χ3v) is 2.49. The normalized spacial score (nSPS) is 13.6. The van der Waals surface area contributed by atoms with Gasteiger partial charge in [-0.25, -0.2) is 4.98 Å². The second kappa shape index (κ2) is 4.77. The van der Waals surface area contributed by atoms with Crippen LogP contribution in [-0.2, 0) is 12.7 Å². The Kier molecular flexibility index (Phi) is 3.33. The molecule has 7 heteroatoms. The summed E-state index contributed by atoms with van der Waals surface area (Å²) < 4.78 is 39.1. The maximum absolute atomic E-state index is 12.5. The van der Waals surface area contributed by atoms with Crippen molar-refractivity contribution in [2.75, 3.05) is 0 Å². The van der Waals surface area contributed by atoms with Gasteiger partial charge in [0.1, 0.15) is 12.7 Å². The Bertz CT molecular complexity index is 507. The lowest BCUT2D eigenvalue weighted by atomic mass is 10.0. The van der Waals surface area contributed by atoms with Crippen LogP contribution in [0.2, 0.25) is 0 Å². The average Bonchev–Trinajstić information content (AvgIpc) is 2.81. The van der Waals surface area contributed by atoms with Crippen LogP contribution in [0.5, 0.6) is 0 Å². The molecule has 0 amide bonds. The van der Waals surface area contributed by atoms with Gasteiger partial charge < -0.3 is 5.73 Å². The van der Waals surface area contributed by atoms with Crippen molar-refractivity contribution in [2.45, 2.75) is 18.8 Å². The van der Waals surface area contributed by atoms with Gasteiger partial charge in [-0.05, 0) is 17.7 Å². The number of hydrogen-bond donors (Lipinski definition) is 1. The van der Waals surface area contributed by atoms with Gasteiger partial charge in [0.15, 0.2) is 0 Å². The SMILES string of the molecule is NC(Cn1cncn1)c1cccc(C(F)(F)F)c1. The summed E-state index contributed by atoms with van der Waals surface area (Å²) in [5, 5.41) is 3.86. The second-order valence-electron chi connectivity index (χ2n) is 3.85. The lowest BCUT2D eigenvalue weighted by Crippen LogP contribution is -2.18. The summed E-state index contributed by atoms with van der Waals surface area (Å²) in [6.45, 7) is 0.279. The first kappa shape index (κ1) is 12.6. The number of halogens is 3. The van der Waals surface area contributed by atoms with Crippen LogP contribution < -0.4 is 5.73 Å². The Morgan fingerprint density at radius 2 is 2.11 bits per heavy atom. The van der Waals surface area contributed by atoms with Crippen molar-refractivity contribution < 1.29 is 13.2 Å². The third-order valence-electron chi connectivity index (χ3n) is 2.49. The molecule has 0 saturated heterocycles. The molecule has 2 rings (SSSR count). The van der Waals surface area contributed by atoms with E-state index in [1.54, 1.807) is 6.07 Å². The predicted octanol–water partition coefficient (Wildman–Crippen LogP) is 2.00. The molecule has 0 aliphatic rings. The van der Waals surface area contributed by atoms with E-state index in [2.05, 4.69) is 10.1 Å². The molecule has 0 spiro atoms. The fourth-order valence-electron chi connectivity index (χ4n) is 1.58. The first-order valence-electron chi connectivity index (χ1n) is 5.22. The Hall–Kier alpha value is -1.89. The number of benzene rings is 1. The molecule has 1 atom stereocenters. The average molecular weight is 256 g/mol. The van der Waals surface area contributed by atoms with E-state index < -0.39 is 17.8 Å². The van der Waals surface area contributed by atoms with Gasteiger partial charge in [-0.1, -0.05) is 12.1 Å². The zero-order valence-corrected chi connectivity index (χ0v) is 9.30. The Balaban J connectivity index is 2.18. The van der Waals surface area contributed by atoms with Crippen LogP contribution >= 0.6 is 0 Å². The van der Waals surface area contributed by atoms with Crippen LogP contribution in [0.1, 0.15) is 17.2 Å². The Morgan fingerprint density at radius 1 is 1.33 bits per heavy atom. The van der Waals surface area contributed by atoms with Crippen LogP contribution in [0.15, 0.2) is 36.9 Å². The third kappa shape index (κ3) is 2.86. The Labute approximate surface area is 101 Å². The summed E-state index contributed by atoms with van der Waals surface area (Å²) in [6, 6.07) is 4.43. The molecule has 1 heterocycles. The van der Waals surface area contributed by atoms with Gasteiger partial charge in [0.05, 0.1) is 12.1 Å². The minimum absolute atomic E-state index is 0.279. The van der Waals surface area contributed by atoms with E-state index in [0.717, 1.165) is 12.1 Å². The summed E-state index contributed by atoms with van der Waals surface area (Å²) in [4.78, 5) is 3.74. The standard InChI is InChI=1S/C11H11F3N4/c12-11(13,14)9-3-1-2-8(4-9)10(15)5-18-7-16-6-17-18/h1-4,6-7,10H,5,15H2. The van der Waals surface area contributed by atoms with Crippen LogP contribution in [0, 0.1) is 0 Å². The molecular formula is C11H11F3N4. The van der Waals surface area contributed by atoms with E-state index in [0.29, 0.717) is 5.56 Å². The van der Waals surface area contributed by atoms with Crippen LogP contribution in [0.25, 0.3) is 0 Å². The Morgan fingerprint density at radius 3 is 2.72 bits per heavy atom. The van der Waals surface area contributed by atoms with Crippen molar-refractivity contribution in [1.82, 2.24) is 14.8 Å². The maximum atomic E-state index is 12.5. The van der Waals surface area contributed by atoms with E-state index in [1.165, 1.54) is 23.4 Å². The molecule has 18 heavy (non-hydrogen) atoms. The molecule has 2 N–H and O–H groups in total.